The molecule has 0 aromatic heterocycles. The normalized spacial score (nSPS) is 18.5. The van der Waals surface area contributed by atoms with Gasteiger partial charge in [0.1, 0.15) is 0 Å². The molecule has 0 aliphatic carbocycles. The van der Waals surface area contributed by atoms with E-state index in [1.54, 1.807) is 0 Å². The summed E-state index contributed by atoms with van der Waals surface area (Å²) in [6, 6.07) is 6.73. The molecule has 1 atom stereocenters. The molecule has 1 saturated heterocycles. The van der Waals surface area contributed by atoms with E-state index >= 15 is 0 Å². The molecule has 1 aromatic carbocycles. The minimum absolute atomic E-state index is 0.491. The molecular weight excluding hydrogens is 282 g/mol. The molecule has 0 spiro atoms. The molecular formula is C17H28ClN3. The molecule has 0 radical (unpaired) electrons. The zero-order valence-electron chi connectivity index (χ0n) is 13.7. The van der Waals surface area contributed by atoms with Crippen LogP contribution in [0.4, 0.5) is 11.4 Å². The van der Waals surface area contributed by atoms with Crippen molar-refractivity contribution in [1.29, 1.82) is 0 Å². The Balaban J connectivity index is 1.94. The van der Waals surface area contributed by atoms with Crippen molar-refractivity contribution in [2.75, 3.05) is 43.9 Å². The summed E-state index contributed by atoms with van der Waals surface area (Å²) in [6.45, 7) is 8.17. The van der Waals surface area contributed by atoms with Crippen molar-refractivity contribution in [3.63, 3.8) is 0 Å². The number of nitrogens with one attached hydrogen (secondary N) is 1. The minimum atomic E-state index is 0.491. The molecule has 3 nitrogen and oxygen atoms in total. The Morgan fingerprint density at radius 1 is 1.33 bits per heavy atom. The molecule has 1 fully saturated rings. The largest absolute Gasteiger partial charge is 0.382 e. The van der Waals surface area contributed by atoms with Gasteiger partial charge in [-0.05, 0) is 63.5 Å². The Morgan fingerprint density at radius 2 is 2.00 bits per heavy atom. The smallest absolute Gasteiger partial charge is 0.0659 e. The first-order chi connectivity index (χ1) is 10.0. The van der Waals surface area contributed by atoms with E-state index in [-0.39, 0.29) is 0 Å². The van der Waals surface area contributed by atoms with Crippen molar-refractivity contribution in [2.24, 2.45) is 5.92 Å². The summed E-state index contributed by atoms with van der Waals surface area (Å²) in [6.07, 6.45) is 2.57. The van der Waals surface area contributed by atoms with Crippen LogP contribution in [0.3, 0.4) is 0 Å². The van der Waals surface area contributed by atoms with Gasteiger partial charge in [-0.2, -0.15) is 0 Å². The second-order valence-electron chi connectivity index (χ2n) is 6.27. The van der Waals surface area contributed by atoms with Gasteiger partial charge < -0.3 is 15.1 Å². The lowest BCUT2D eigenvalue weighted by Crippen LogP contribution is -2.39. The minimum Gasteiger partial charge on any atom is -0.382 e. The maximum Gasteiger partial charge on any atom is 0.0659 e. The molecule has 2 rings (SSSR count). The molecule has 0 saturated carbocycles. The van der Waals surface area contributed by atoms with Crippen molar-refractivity contribution in [2.45, 2.75) is 32.7 Å². The fraction of sp³-hybridized carbons (Fsp3) is 0.647. The highest BCUT2D eigenvalue weighted by atomic mass is 35.5. The van der Waals surface area contributed by atoms with Gasteiger partial charge in [-0.25, -0.2) is 0 Å². The van der Waals surface area contributed by atoms with E-state index in [9.17, 15) is 0 Å². The van der Waals surface area contributed by atoms with Crippen molar-refractivity contribution in [3.8, 4) is 0 Å². The van der Waals surface area contributed by atoms with Gasteiger partial charge >= 0.3 is 0 Å². The number of piperidine rings is 1. The Morgan fingerprint density at radius 3 is 2.52 bits per heavy atom. The highest BCUT2D eigenvalue weighted by molar-refractivity contribution is 6.33. The maximum atomic E-state index is 6.34. The molecule has 1 heterocycles. The Labute approximate surface area is 134 Å². The molecule has 4 heteroatoms. The average Bonchev–Trinajstić information content (AvgIpc) is 2.47. The van der Waals surface area contributed by atoms with Crippen molar-refractivity contribution in [1.82, 2.24) is 4.90 Å². The van der Waals surface area contributed by atoms with Crippen LogP contribution in [-0.2, 0) is 0 Å². The van der Waals surface area contributed by atoms with Crippen LogP contribution in [0.2, 0.25) is 5.02 Å². The zero-order chi connectivity index (χ0) is 15.4. The molecule has 118 valence electrons. The van der Waals surface area contributed by atoms with Crippen LogP contribution < -0.4 is 10.2 Å². The van der Waals surface area contributed by atoms with Crippen molar-refractivity contribution in [3.05, 3.63) is 23.2 Å². The Kier molecular flexibility index (Phi) is 5.77. The molecule has 1 aromatic rings. The van der Waals surface area contributed by atoms with Crippen molar-refractivity contribution < 1.29 is 0 Å². The number of likely N-dealkylation sites (tertiary alicyclic amines) is 1. The molecule has 0 bridgehead atoms. The van der Waals surface area contributed by atoms with Crippen LogP contribution in [0.5, 0.6) is 0 Å². The summed E-state index contributed by atoms with van der Waals surface area (Å²) in [5, 5.41) is 4.43. The average molecular weight is 310 g/mol. The maximum absolute atomic E-state index is 6.34. The van der Waals surface area contributed by atoms with Gasteiger partial charge in [-0.3, -0.25) is 0 Å². The third-order valence-corrected chi connectivity index (χ3v) is 4.91. The topological polar surface area (TPSA) is 18.5 Å². The van der Waals surface area contributed by atoms with Crippen LogP contribution in [0.1, 0.15) is 26.7 Å². The highest BCUT2D eigenvalue weighted by Gasteiger charge is 2.23. The summed E-state index contributed by atoms with van der Waals surface area (Å²) in [5.41, 5.74) is 2.18. The Bertz CT molecular complexity index is 453. The number of rotatable bonds is 5. The molecule has 1 unspecified atom stereocenters. The molecule has 1 N–H and O–H groups in total. The number of hydrogen-bond donors (Lipinski definition) is 1. The molecule has 0 amide bonds. The first-order valence-corrected chi connectivity index (χ1v) is 8.34. The number of benzene rings is 1. The van der Waals surface area contributed by atoms with Gasteiger partial charge in [-0.15, -0.1) is 0 Å². The summed E-state index contributed by atoms with van der Waals surface area (Å²) in [4.78, 5) is 4.57. The van der Waals surface area contributed by atoms with Crippen LogP contribution in [-0.4, -0.2) is 44.7 Å². The summed E-state index contributed by atoms with van der Waals surface area (Å²) in [5.74, 6) is 0.750. The van der Waals surface area contributed by atoms with E-state index in [1.165, 1.54) is 32.5 Å². The number of anilines is 2. The number of halogens is 1. The third kappa shape index (κ3) is 4.27. The fourth-order valence-electron chi connectivity index (χ4n) is 3.11. The third-order valence-electron chi connectivity index (χ3n) is 4.61. The first-order valence-electron chi connectivity index (χ1n) is 7.97. The van der Waals surface area contributed by atoms with Gasteiger partial charge in [0, 0.05) is 25.8 Å². The summed E-state index contributed by atoms with van der Waals surface area (Å²) < 4.78 is 0. The number of nitrogens with zero attached hydrogens (tertiary/aromatic N) is 2. The SMILES string of the molecule is CCN1CCC(C(C)Nc2ccc(N(C)C)c(Cl)c2)CC1. The lowest BCUT2D eigenvalue weighted by Gasteiger charge is -2.35. The van der Waals surface area contributed by atoms with Gasteiger partial charge in [-0.1, -0.05) is 18.5 Å². The van der Waals surface area contributed by atoms with Crippen LogP contribution in [0.15, 0.2) is 18.2 Å². The van der Waals surface area contributed by atoms with E-state index in [0.717, 1.165) is 22.3 Å². The van der Waals surface area contributed by atoms with Crippen molar-refractivity contribution >= 4 is 23.0 Å². The number of hydrogen-bond acceptors (Lipinski definition) is 3. The lowest BCUT2D eigenvalue weighted by atomic mass is 9.90. The van der Waals surface area contributed by atoms with Crippen LogP contribution in [0.25, 0.3) is 0 Å². The highest BCUT2D eigenvalue weighted by Crippen LogP contribution is 2.29. The van der Waals surface area contributed by atoms with Gasteiger partial charge in [0.15, 0.2) is 0 Å². The predicted molar refractivity (Wildman–Crippen MR) is 93.7 cm³/mol. The molecule has 1 aliphatic rings. The fourth-order valence-corrected chi connectivity index (χ4v) is 3.46. The Hall–Kier alpha value is -0.930. The summed E-state index contributed by atoms with van der Waals surface area (Å²) in [7, 11) is 4.02. The van der Waals surface area contributed by atoms with Gasteiger partial charge in [0.05, 0.1) is 10.7 Å². The van der Waals surface area contributed by atoms with Gasteiger partial charge in [0.2, 0.25) is 0 Å². The quantitative estimate of drug-likeness (QED) is 0.889. The van der Waals surface area contributed by atoms with Crippen LogP contribution in [0, 0.1) is 5.92 Å². The van der Waals surface area contributed by atoms with Gasteiger partial charge in [0.25, 0.3) is 0 Å². The second-order valence-corrected chi connectivity index (χ2v) is 6.67. The summed E-state index contributed by atoms with van der Waals surface area (Å²) >= 11 is 6.34. The zero-order valence-corrected chi connectivity index (χ0v) is 14.5. The van der Waals surface area contributed by atoms with E-state index in [4.69, 9.17) is 11.6 Å². The second kappa shape index (κ2) is 7.37. The predicted octanol–water partition coefficient (Wildman–Crippen LogP) is 3.94. The van der Waals surface area contributed by atoms with E-state index in [0.29, 0.717) is 6.04 Å². The van der Waals surface area contributed by atoms with E-state index < -0.39 is 0 Å². The standard InChI is InChI=1S/C17H28ClN3/c1-5-21-10-8-14(9-11-21)13(2)19-15-6-7-17(20(3)4)16(18)12-15/h6-7,12-14,19H,5,8-11H2,1-4H3. The monoisotopic (exact) mass is 309 g/mol. The molecule has 1 aliphatic heterocycles. The van der Waals surface area contributed by atoms with E-state index in [2.05, 4.69) is 36.2 Å². The molecule has 21 heavy (non-hydrogen) atoms. The first kappa shape index (κ1) is 16.4. The van der Waals surface area contributed by atoms with Crippen LogP contribution >= 0.6 is 11.6 Å². The van der Waals surface area contributed by atoms with E-state index in [1.807, 2.05) is 25.1 Å². The lowest BCUT2D eigenvalue weighted by molar-refractivity contribution is 0.183.